The summed E-state index contributed by atoms with van der Waals surface area (Å²) in [5.41, 5.74) is 16.8. The van der Waals surface area contributed by atoms with E-state index in [0.29, 0.717) is 5.69 Å². The molecule has 1 aromatic carbocycles. The number of nitrogens with two attached hydrogens (primary N) is 1. The Balaban J connectivity index is 2.05. The standard InChI is InChI=1S/C21H23N3O/c1-11-9-17-18(12(11)2)19(13(3)24-20(17)21(22)25)16-6-4-5-14-10-23-8-7-15(14)16/h4-6,23H,7-10H2,1-3H3,(H2,22,25). The quantitative estimate of drug-likeness (QED) is 0.887. The first kappa shape index (κ1) is 16.0. The van der Waals surface area contributed by atoms with Gasteiger partial charge in [0.1, 0.15) is 5.69 Å². The van der Waals surface area contributed by atoms with Crippen LogP contribution < -0.4 is 11.1 Å². The van der Waals surface area contributed by atoms with Gasteiger partial charge in [-0.1, -0.05) is 23.8 Å². The molecule has 0 spiro atoms. The Hall–Kier alpha value is -2.46. The minimum absolute atomic E-state index is 0.430. The highest BCUT2D eigenvalue weighted by Gasteiger charge is 2.29. The fourth-order valence-electron chi connectivity index (χ4n) is 4.24. The molecule has 1 amide bonds. The topological polar surface area (TPSA) is 68.0 Å². The maximum atomic E-state index is 11.9. The average Bonchev–Trinajstić information content (AvgIpc) is 2.89. The van der Waals surface area contributed by atoms with Crippen LogP contribution in [-0.2, 0) is 19.4 Å². The lowest BCUT2D eigenvalue weighted by Crippen LogP contribution is -2.24. The number of aryl methyl sites for hydroxylation is 1. The third-order valence-electron chi connectivity index (χ3n) is 5.58. The maximum Gasteiger partial charge on any atom is 0.267 e. The van der Waals surface area contributed by atoms with Crippen LogP contribution in [0.1, 0.15) is 52.3 Å². The van der Waals surface area contributed by atoms with Gasteiger partial charge in [0.2, 0.25) is 0 Å². The fraction of sp³-hybridized carbons (Fsp3) is 0.333. The summed E-state index contributed by atoms with van der Waals surface area (Å²) < 4.78 is 0. The highest BCUT2D eigenvalue weighted by atomic mass is 16.1. The summed E-state index contributed by atoms with van der Waals surface area (Å²) in [4.78, 5) is 16.6. The van der Waals surface area contributed by atoms with Crippen molar-refractivity contribution in [2.75, 3.05) is 6.54 Å². The zero-order valence-electron chi connectivity index (χ0n) is 15.0. The molecule has 2 aliphatic rings. The first-order chi connectivity index (χ1) is 12.0. The first-order valence-corrected chi connectivity index (χ1v) is 8.81. The van der Waals surface area contributed by atoms with E-state index in [4.69, 9.17) is 5.73 Å². The Kier molecular flexibility index (Phi) is 3.73. The van der Waals surface area contributed by atoms with Gasteiger partial charge in [0.25, 0.3) is 5.91 Å². The number of fused-ring (bicyclic) bond motifs is 2. The molecule has 4 heteroatoms. The average molecular weight is 333 g/mol. The van der Waals surface area contributed by atoms with Crippen molar-refractivity contribution < 1.29 is 4.79 Å². The van der Waals surface area contributed by atoms with Crippen LogP contribution in [0.4, 0.5) is 0 Å². The highest BCUT2D eigenvalue weighted by Crippen LogP contribution is 2.43. The summed E-state index contributed by atoms with van der Waals surface area (Å²) >= 11 is 0. The molecule has 4 rings (SSSR count). The van der Waals surface area contributed by atoms with Crippen molar-refractivity contribution in [3.8, 4) is 11.1 Å². The van der Waals surface area contributed by atoms with Crippen LogP contribution in [0.25, 0.3) is 16.7 Å². The predicted octanol–water partition coefficient (Wildman–Crippen LogP) is 3.15. The van der Waals surface area contributed by atoms with E-state index in [2.05, 4.69) is 42.3 Å². The molecule has 0 saturated carbocycles. The van der Waals surface area contributed by atoms with Crippen molar-refractivity contribution in [3.63, 3.8) is 0 Å². The van der Waals surface area contributed by atoms with Crippen LogP contribution in [0.2, 0.25) is 0 Å². The van der Waals surface area contributed by atoms with Gasteiger partial charge >= 0.3 is 0 Å². The monoisotopic (exact) mass is 333 g/mol. The molecule has 0 atom stereocenters. The second-order valence-corrected chi connectivity index (χ2v) is 7.09. The van der Waals surface area contributed by atoms with Gasteiger partial charge in [0, 0.05) is 17.8 Å². The van der Waals surface area contributed by atoms with Crippen molar-refractivity contribution in [2.45, 2.75) is 40.2 Å². The SMILES string of the molecule is CC1=C(C)c2c(c(C(N)=O)nc(C)c2-c2cccc3c2CCNC3)C1. The Morgan fingerprint density at radius 3 is 2.72 bits per heavy atom. The van der Waals surface area contributed by atoms with Gasteiger partial charge in [0.05, 0.1) is 0 Å². The Morgan fingerprint density at radius 2 is 1.96 bits per heavy atom. The minimum atomic E-state index is -0.437. The molecule has 0 unspecified atom stereocenters. The van der Waals surface area contributed by atoms with Gasteiger partial charge in [-0.25, -0.2) is 4.98 Å². The van der Waals surface area contributed by atoms with Crippen LogP contribution >= 0.6 is 0 Å². The number of nitrogens with zero attached hydrogens (tertiary/aromatic N) is 1. The number of hydrogen-bond donors (Lipinski definition) is 2. The van der Waals surface area contributed by atoms with E-state index < -0.39 is 5.91 Å². The maximum absolute atomic E-state index is 11.9. The first-order valence-electron chi connectivity index (χ1n) is 8.81. The summed E-state index contributed by atoms with van der Waals surface area (Å²) in [6.07, 6.45) is 1.77. The zero-order chi connectivity index (χ0) is 17.7. The molecular formula is C21H23N3O. The lowest BCUT2D eigenvalue weighted by atomic mass is 9.86. The number of rotatable bonds is 2. The Bertz CT molecular complexity index is 941. The number of carbonyl (C=O) groups is 1. The molecule has 1 aliphatic carbocycles. The predicted molar refractivity (Wildman–Crippen MR) is 100 cm³/mol. The third-order valence-corrected chi connectivity index (χ3v) is 5.58. The van der Waals surface area contributed by atoms with E-state index >= 15 is 0 Å². The summed E-state index contributed by atoms with van der Waals surface area (Å²) in [6, 6.07) is 6.51. The summed E-state index contributed by atoms with van der Waals surface area (Å²) in [6.45, 7) is 8.16. The molecule has 2 heterocycles. The molecule has 2 aromatic rings. The Morgan fingerprint density at radius 1 is 1.16 bits per heavy atom. The van der Waals surface area contributed by atoms with E-state index in [0.717, 1.165) is 37.2 Å². The van der Waals surface area contributed by atoms with Crippen LogP contribution in [0.5, 0.6) is 0 Å². The Labute approximate surface area is 148 Å². The van der Waals surface area contributed by atoms with E-state index in [-0.39, 0.29) is 0 Å². The fourth-order valence-corrected chi connectivity index (χ4v) is 4.24. The number of allylic oxidation sites excluding steroid dienone is 2. The number of amides is 1. The van der Waals surface area contributed by atoms with Gasteiger partial charge in [-0.05, 0) is 73.5 Å². The molecular weight excluding hydrogens is 310 g/mol. The highest BCUT2D eigenvalue weighted by molar-refractivity contribution is 5.98. The number of aromatic nitrogens is 1. The lowest BCUT2D eigenvalue weighted by Gasteiger charge is -2.23. The number of hydrogen-bond acceptors (Lipinski definition) is 3. The number of benzene rings is 1. The zero-order valence-corrected chi connectivity index (χ0v) is 15.0. The molecule has 0 fully saturated rings. The molecule has 128 valence electrons. The van der Waals surface area contributed by atoms with Crippen molar-refractivity contribution >= 4 is 11.5 Å². The van der Waals surface area contributed by atoms with Gasteiger partial charge in [-0.2, -0.15) is 0 Å². The largest absolute Gasteiger partial charge is 0.364 e. The van der Waals surface area contributed by atoms with Gasteiger partial charge in [-0.15, -0.1) is 0 Å². The smallest absolute Gasteiger partial charge is 0.267 e. The molecule has 0 bridgehead atoms. The third kappa shape index (κ3) is 2.40. The number of carbonyl (C=O) groups excluding carboxylic acids is 1. The molecule has 4 nitrogen and oxygen atoms in total. The normalized spacial score (nSPS) is 16.0. The van der Waals surface area contributed by atoms with E-state index in [9.17, 15) is 4.79 Å². The van der Waals surface area contributed by atoms with E-state index in [1.54, 1.807) is 0 Å². The van der Waals surface area contributed by atoms with Crippen LogP contribution in [0, 0.1) is 6.92 Å². The van der Waals surface area contributed by atoms with Crippen molar-refractivity contribution in [2.24, 2.45) is 5.73 Å². The van der Waals surface area contributed by atoms with Gasteiger partial charge in [-0.3, -0.25) is 4.79 Å². The van der Waals surface area contributed by atoms with Crippen LogP contribution in [0.15, 0.2) is 23.8 Å². The molecule has 3 N–H and O–H groups in total. The van der Waals surface area contributed by atoms with Crippen molar-refractivity contribution in [1.82, 2.24) is 10.3 Å². The van der Waals surface area contributed by atoms with Crippen LogP contribution in [-0.4, -0.2) is 17.4 Å². The molecule has 1 aliphatic heterocycles. The molecule has 0 radical (unpaired) electrons. The second kappa shape index (κ2) is 5.81. The summed E-state index contributed by atoms with van der Waals surface area (Å²) in [5, 5.41) is 3.44. The summed E-state index contributed by atoms with van der Waals surface area (Å²) in [7, 11) is 0. The molecule has 25 heavy (non-hydrogen) atoms. The summed E-state index contributed by atoms with van der Waals surface area (Å²) in [5.74, 6) is -0.437. The van der Waals surface area contributed by atoms with E-state index in [1.165, 1.54) is 39.0 Å². The number of primary amides is 1. The second-order valence-electron chi connectivity index (χ2n) is 7.09. The molecule has 1 aromatic heterocycles. The lowest BCUT2D eigenvalue weighted by molar-refractivity contribution is 0.0994. The molecule has 0 saturated heterocycles. The minimum Gasteiger partial charge on any atom is -0.364 e. The van der Waals surface area contributed by atoms with Gasteiger partial charge in [0.15, 0.2) is 0 Å². The van der Waals surface area contributed by atoms with Crippen molar-refractivity contribution in [3.05, 3.63) is 57.4 Å². The van der Waals surface area contributed by atoms with Crippen molar-refractivity contribution in [1.29, 1.82) is 0 Å². The number of pyridine rings is 1. The number of nitrogens with one attached hydrogen (secondary N) is 1. The van der Waals surface area contributed by atoms with E-state index in [1.807, 2.05) is 6.92 Å². The van der Waals surface area contributed by atoms with Crippen LogP contribution in [0.3, 0.4) is 0 Å². The van der Waals surface area contributed by atoms with Gasteiger partial charge < -0.3 is 11.1 Å².